The molecule has 3 aromatic rings. The van der Waals surface area contributed by atoms with Crippen molar-refractivity contribution in [2.24, 2.45) is 0 Å². The van der Waals surface area contributed by atoms with Crippen molar-refractivity contribution >= 4 is 22.5 Å². The number of benzene rings is 2. The van der Waals surface area contributed by atoms with E-state index in [0.717, 1.165) is 12.1 Å². The quantitative estimate of drug-likeness (QED) is 0.522. The summed E-state index contributed by atoms with van der Waals surface area (Å²) in [4.78, 5) is 34.2. The fourth-order valence-electron chi connectivity index (χ4n) is 3.39. The third kappa shape index (κ3) is 6.23. The van der Waals surface area contributed by atoms with E-state index in [-0.39, 0.29) is 18.0 Å². The fourth-order valence-corrected chi connectivity index (χ4v) is 3.39. The van der Waals surface area contributed by atoms with Crippen molar-refractivity contribution < 1.29 is 9.53 Å². The molecule has 1 atom stereocenters. The van der Waals surface area contributed by atoms with Gasteiger partial charge < -0.3 is 15.0 Å². The molecule has 2 N–H and O–H groups in total. The van der Waals surface area contributed by atoms with Gasteiger partial charge in [0, 0.05) is 19.3 Å². The predicted molar refractivity (Wildman–Crippen MR) is 123 cm³/mol. The number of ether oxygens (including phenoxy) is 1. The van der Waals surface area contributed by atoms with Crippen LogP contribution in [0.1, 0.15) is 37.6 Å². The van der Waals surface area contributed by atoms with E-state index in [2.05, 4.69) is 41.3 Å². The molecule has 0 aliphatic heterocycles. The number of carbonyl (C=O) groups excluding carboxylic acids is 1. The zero-order valence-corrected chi connectivity index (χ0v) is 18.4. The Hall–Kier alpha value is -3.03. The van der Waals surface area contributed by atoms with E-state index in [1.165, 1.54) is 5.56 Å². The number of anilines is 1. The SMILES string of the molecule is CC[C@H](C)c1ccc(NC(=O)CN(CCOC)Cc2nc3ccccc3c(=O)[nH]2)cc1. The number of methoxy groups -OCH3 is 1. The Labute approximate surface area is 182 Å². The molecule has 0 aliphatic carbocycles. The number of hydrogen-bond donors (Lipinski definition) is 2. The summed E-state index contributed by atoms with van der Waals surface area (Å²) in [6, 6.07) is 15.2. The Morgan fingerprint density at radius 2 is 1.94 bits per heavy atom. The van der Waals surface area contributed by atoms with Crippen molar-refractivity contribution in [1.82, 2.24) is 14.9 Å². The van der Waals surface area contributed by atoms with Crippen LogP contribution in [0.5, 0.6) is 0 Å². The molecule has 7 heteroatoms. The standard InChI is InChI=1S/C24H30N4O3/c1-4-17(2)18-9-11-19(12-10-18)25-23(29)16-28(13-14-31-3)15-22-26-21-8-6-5-7-20(21)24(30)27-22/h5-12,17H,4,13-16H2,1-3H3,(H,25,29)(H,26,27,30)/t17-/m0/s1. The van der Waals surface area contributed by atoms with Gasteiger partial charge >= 0.3 is 0 Å². The maximum absolute atomic E-state index is 12.6. The van der Waals surface area contributed by atoms with Gasteiger partial charge in [-0.25, -0.2) is 4.98 Å². The highest BCUT2D eigenvalue weighted by molar-refractivity contribution is 5.92. The van der Waals surface area contributed by atoms with E-state index in [1.54, 1.807) is 13.2 Å². The molecule has 0 aliphatic rings. The minimum Gasteiger partial charge on any atom is -0.383 e. The third-order valence-corrected chi connectivity index (χ3v) is 5.39. The summed E-state index contributed by atoms with van der Waals surface area (Å²) in [7, 11) is 1.62. The van der Waals surface area contributed by atoms with E-state index in [9.17, 15) is 9.59 Å². The summed E-state index contributed by atoms with van der Waals surface area (Å²) in [5.74, 6) is 0.881. The number of carbonyl (C=O) groups is 1. The summed E-state index contributed by atoms with van der Waals surface area (Å²) < 4.78 is 5.18. The van der Waals surface area contributed by atoms with Gasteiger partial charge in [-0.15, -0.1) is 0 Å². The Kier molecular flexibility index (Phi) is 7.92. The van der Waals surface area contributed by atoms with Gasteiger partial charge in [-0.2, -0.15) is 0 Å². The number of aromatic amines is 1. The van der Waals surface area contributed by atoms with Crippen molar-refractivity contribution in [1.29, 1.82) is 0 Å². The van der Waals surface area contributed by atoms with Crippen LogP contribution in [-0.2, 0) is 16.1 Å². The van der Waals surface area contributed by atoms with Crippen molar-refractivity contribution in [3.8, 4) is 0 Å². The molecule has 0 unspecified atom stereocenters. The molecule has 1 amide bonds. The fraction of sp³-hybridized carbons (Fsp3) is 0.375. The monoisotopic (exact) mass is 422 g/mol. The molecular weight excluding hydrogens is 392 g/mol. The number of aromatic nitrogens is 2. The number of nitrogens with one attached hydrogen (secondary N) is 2. The summed E-state index contributed by atoms with van der Waals surface area (Å²) >= 11 is 0. The lowest BCUT2D eigenvalue weighted by atomic mass is 9.99. The largest absolute Gasteiger partial charge is 0.383 e. The lowest BCUT2D eigenvalue weighted by Gasteiger charge is -2.21. The average molecular weight is 423 g/mol. The minimum absolute atomic E-state index is 0.129. The molecular formula is C24H30N4O3. The van der Waals surface area contributed by atoms with E-state index in [1.807, 2.05) is 35.2 Å². The maximum atomic E-state index is 12.6. The van der Waals surface area contributed by atoms with Crippen LogP contribution < -0.4 is 10.9 Å². The number of amides is 1. The van der Waals surface area contributed by atoms with E-state index in [0.29, 0.717) is 42.3 Å². The predicted octanol–water partition coefficient (Wildman–Crippen LogP) is 3.52. The molecule has 0 fully saturated rings. The van der Waals surface area contributed by atoms with Gasteiger partial charge in [0.15, 0.2) is 0 Å². The molecule has 0 bridgehead atoms. The van der Waals surface area contributed by atoms with E-state index >= 15 is 0 Å². The number of H-pyrrole nitrogens is 1. The van der Waals surface area contributed by atoms with Gasteiger partial charge in [0.25, 0.3) is 5.56 Å². The highest BCUT2D eigenvalue weighted by Gasteiger charge is 2.14. The number of nitrogens with zero attached hydrogens (tertiary/aromatic N) is 2. The maximum Gasteiger partial charge on any atom is 0.258 e. The zero-order chi connectivity index (χ0) is 22.2. The molecule has 1 heterocycles. The van der Waals surface area contributed by atoms with Gasteiger partial charge in [0.2, 0.25) is 5.91 Å². The molecule has 7 nitrogen and oxygen atoms in total. The Balaban J connectivity index is 1.68. The Morgan fingerprint density at radius 3 is 2.65 bits per heavy atom. The highest BCUT2D eigenvalue weighted by atomic mass is 16.5. The van der Waals surface area contributed by atoms with Gasteiger partial charge in [-0.1, -0.05) is 38.1 Å². The van der Waals surface area contributed by atoms with E-state index < -0.39 is 0 Å². The molecule has 164 valence electrons. The summed E-state index contributed by atoms with van der Waals surface area (Å²) in [6.45, 7) is 5.85. The second-order valence-electron chi connectivity index (χ2n) is 7.71. The summed E-state index contributed by atoms with van der Waals surface area (Å²) in [5.41, 5.74) is 2.48. The lowest BCUT2D eigenvalue weighted by Crippen LogP contribution is -2.36. The van der Waals surface area contributed by atoms with Crippen molar-refractivity contribution in [2.75, 3.05) is 32.1 Å². The topological polar surface area (TPSA) is 87.3 Å². The van der Waals surface area contributed by atoms with E-state index in [4.69, 9.17) is 4.74 Å². The molecule has 2 aromatic carbocycles. The van der Waals surface area contributed by atoms with Gasteiger partial charge in [-0.3, -0.25) is 14.5 Å². The van der Waals surface area contributed by atoms with Crippen molar-refractivity contribution in [3.63, 3.8) is 0 Å². The first-order chi connectivity index (χ1) is 15.0. The molecule has 31 heavy (non-hydrogen) atoms. The van der Waals surface area contributed by atoms with Crippen LogP contribution in [0, 0.1) is 0 Å². The lowest BCUT2D eigenvalue weighted by molar-refractivity contribution is -0.117. The first-order valence-corrected chi connectivity index (χ1v) is 10.6. The average Bonchev–Trinajstić information content (AvgIpc) is 2.77. The van der Waals surface area contributed by atoms with Crippen LogP contribution in [0.3, 0.4) is 0 Å². The van der Waals surface area contributed by atoms with Gasteiger partial charge in [0.05, 0.1) is 30.6 Å². The van der Waals surface area contributed by atoms with Crippen LogP contribution >= 0.6 is 0 Å². The number of fused-ring (bicyclic) bond motifs is 1. The van der Waals surface area contributed by atoms with Crippen LogP contribution in [-0.4, -0.2) is 47.6 Å². The second kappa shape index (κ2) is 10.8. The first kappa shape index (κ1) is 22.7. The van der Waals surface area contributed by atoms with Crippen molar-refractivity contribution in [3.05, 3.63) is 70.3 Å². The van der Waals surface area contributed by atoms with Gasteiger partial charge in [-0.05, 0) is 42.2 Å². The smallest absolute Gasteiger partial charge is 0.258 e. The molecule has 3 rings (SSSR count). The Bertz CT molecular complexity index is 1060. The Morgan fingerprint density at radius 1 is 1.19 bits per heavy atom. The highest BCUT2D eigenvalue weighted by Crippen LogP contribution is 2.20. The van der Waals surface area contributed by atoms with Crippen LogP contribution in [0.2, 0.25) is 0 Å². The molecule has 0 saturated carbocycles. The summed E-state index contributed by atoms with van der Waals surface area (Å²) in [5, 5.41) is 3.50. The second-order valence-corrected chi connectivity index (χ2v) is 7.71. The van der Waals surface area contributed by atoms with Crippen LogP contribution in [0.4, 0.5) is 5.69 Å². The molecule has 0 spiro atoms. The van der Waals surface area contributed by atoms with Crippen molar-refractivity contribution in [2.45, 2.75) is 32.7 Å². The molecule has 0 saturated heterocycles. The third-order valence-electron chi connectivity index (χ3n) is 5.39. The van der Waals surface area contributed by atoms with Gasteiger partial charge in [0.1, 0.15) is 5.82 Å². The molecule has 1 aromatic heterocycles. The minimum atomic E-state index is -0.182. The zero-order valence-electron chi connectivity index (χ0n) is 18.4. The number of para-hydroxylation sites is 1. The first-order valence-electron chi connectivity index (χ1n) is 10.6. The molecule has 0 radical (unpaired) electrons. The number of hydrogen-bond acceptors (Lipinski definition) is 5. The van der Waals surface area contributed by atoms with Crippen LogP contribution in [0.15, 0.2) is 53.3 Å². The number of rotatable bonds is 10. The van der Waals surface area contributed by atoms with Crippen LogP contribution in [0.25, 0.3) is 10.9 Å². The summed E-state index contributed by atoms with van der Waals surface area (Å²) in [6.07, 6.45) is 1.07. The normalized spacial score (nSPS) is 12.3.